The number of rotatable bonds is 4. The van der Waals surface area contributed by atoms with E-state index in [1.165, 1.54) is 6.92 Å². The van der Waals surface area contributed by atoms with E-state index in [2.05, 4.69) is 9.97 Å². The number of hydrogen-bond acceptors (Lipinski definition) is 9. The summed E-state index contributed by atoms with van der Waals surface area (Å²) in [4.78, 5) is 41.7. The smallest absolute Gasteiger partial charge is 0.311 e. The van der Waals surface area contributed by atoms with Crippen molar-refractivity contribution in [3.63, 3.8) is 0 Å². The number of nitrogen functional groups attached to an aromatic ring is 1. The predicted molar refractivity (Wildman–Crippen MR) is 89.3 cm³/mol. The van der Waals surface area contributed by atoms with E-state index in [9.17, 15) is 19.5 Å². The Balaban J connectivity index is 2.10. The normalized spacial score (nSPS) is 24.5. The lowest BCUT2D eigenvalue weighted by Crippen LogP contribution is -2.30. The summed E-state index contributed by atoms with van der Waals surface area (Å²) in [5, 5.41) is 10.1. The Morgan fingerprint density at radius 2 is 2.32 bits per heavy atom. The molecular formula is C14H18N4O6S. The van der Waals surface area contributed by atoms with E-state index in [0.29, 0.717) is 17.8 Å². The first-order chi connectivity index (χ1) is 11.8. The fourth-order valence-corrected chi connectivity index (χ4v) is 3.74. The molecule has 25 heavy (non-hydrogen) atoms. The molecule has 0 radical (unpaired) electrons. The van der Waals surface area contributed by atoms with Gasteiger partial charge in [-0.3, -0.25) is 23.9 Å². The summed E-state index contributed by atoms with van der Waals surface area (Å²) in [5.74, 6) is -0.681. The number of hydrogen-bond donors (Lipinski definition) is 3. The Hall–Kier alpha value is -2.24. The minimum absolute atomic E-state index is 0.0602. The van der Waals surface area contributed by atoms with Gasteiger partial charge in [-0.1, -0.05) is 18.3 Å². The molecule has 3 rings (SSSR count). The second-order valence-electron chi connectivity index (χ2n) is 5.77. The largest absolute Gasteiger partial charge is 0.458 e. The van der Waals surface area contributed by atoms with Gasteiger partial charge in [-0.2, -0.15) is 4.98 Å². The number of thiazole rings is 1. The maximum Gasteiger partial charge on any atom is 0.311 e. The van der Waals surface area contributed by atoms with E-state index < -0.39 is 40.9 Å². The van der Waals surface area contributed by atoms with Crippen molar-refractivity contribution in [1.82, 2.24) is 14.5 Å². The number of nitrogens with two attached hydrogens (primary N) is 1. The summed E-state index contributed by atoms with van der Waals surface area (Å²) in [6.45, 7) is 3.03. The number of nitrogens with zero attached hydrogens (tertiary/aromatic N) is 2. The summed E-state index contributed by atoms with van der Waals surface area (Å²) >= 11 is 0.700. The fourth-order valence-electron chi connectivity index (χ4n) is 2.90. The number of carbonyl (C=O) groups excluding carboxylic acids is 1. The third-order valence-corrected chi connectivity index (χ3v) is 4.95. The van der Waals surface area contributed by atoms with Crippen LogP contribution in [0, 0.1) is 0 Å². The van der Waals surface area contributed by atoms with Crippen molar-refractivity contribution in [1.29, 1.82) is 0 Å². The van der Waals surface area contributed by atoms with Crippen LogP contribution in [0.15, 0.2) is 9.59 Å². The zero-order valence-electron chi connectivity index (χ0n) is 13.6. The standard InChI is InChI=1S/C14H18N4O6S/c1-3-6(20)7-4-8(23-5(2)19)12(24-7)18-10-9(25-14(18)22)11(21)17-13(15)16-10/h6-8,12,20H,3-4H2,1-2H3,(H3,15,16,17,21)/t6?,7-,8+,12+/m0/s1. The number of anilines is 1. The average molecular weight is 370 g/mol. The Labute approximate surface area is 145 Å². The van der Waals surface area contributed by atoms with Gasteiger partial charge in [-0.25, -0.2) is 0 Å². The van der Waals surface area contributed by atoms with Crippen LogP contribution in [0.5, 0.6) is 0 Å². The molecule has 4 N–H and O–H groups in total. The van der Waals surface area contributed by atoms with Crippen molar-refractivity contribution in [2.24, 2.45) is 0 Å². The van der Waals surface area contributed by atoms with E-state index in [4.69, 9.17) is 15.2 Å². The number of aliphatic hydroxyl groups excluding tert-OH is 1. The molecule has 1 aliphatic heterocycles. The third kappa shape index (κ3) is 3.17. The highest BCUT2D eigenvalue weighted by Crippen LogP contribution is 2.34. The molecule has 0 amide bonds. The number of fused-ring (bicyclic) bond motifs is 1. The number of esters is 1. The van der Waals surface area contributed by atoms with Gasteiger partial charge in [0.2, 0.25) is 5.95 Å². The minimum atomic E-state index is -0.995. The molecule has 2 aromatic rings. The highest BCUT2D eigenvalue weighted by atomic mass is 32.1. The maximum absolute atomic E-state index is 12.4. The zero-order valence-corrected chi connectivity index (χ0v) is 14.4. The highest BCUT2D eigenvalue weighted by molar-refractivity contribution is 7.16. The number of carbonyl (C=O) groups is 1. The van der Waals surface area contributed by atoms with Gasteiger partial charge in [-0.05, 0) is 6.42 Å². The second-order valence-corrected chi connectivity index (χ2v) is 6.73. The van der Waals surface area contributed by atoms with Crippen molar-refractivity contribution in [3.8, 4) is 0 Å². The second kappa shape index (κ2) is 6.58. The zero-order chi connectivity index (χ0) is 18.3. The fraction of sp³-hybridized carbons (Fsp3) is 0.571. The molecule has 1 fully saturated rings. The SMILES string of the molecule is CCC(O)[C@@H]1C[C@@H](OC(C)=O)[C@H](n2c(=O)sc3c(=O)[nH]c(N)nc32)O1. The molecule has 1 unspecified atom stereocenters. The molecule has 4 atom stereocenters. The van der Waals surface area contributed by atoms with Crippen LogP contribution in [0.3, 0.4) is 0 Å². The number of ether oxygens (including phenoxy) is 2. The molecule has 136 valence electrons. The Kier molecular flexibility index (Phi) is 4.62. The van der Waals surface area contributed by atoms with Crippen LogP contribution in [0.4, 0.5) is 5.95 Å². The first kappa shape index (κ1) is 17.6. The number of nitrogens with one attached hydrogen (secondary N) is 1. The van der Waals surface area contributed by atoms with Gasteiger partial charge >= 0.3 is 10.8 Å². The summed E-state index contributed by atoms with van der Waals surface area (Å²) in [7, 11) is 0. The molecule has 0 aromatic carbocycles. The van der Waals surface area contributed by atoms with Crippen LogP contribution in [0.25, 0.3) is 10.3 Å². The topological polar surface area (TPSA) is 150 Å². The lowest BCUT2D eigenvalue weighted by atomic mass is 10.1. The molecule has 0 spiro atoms. The van der Waals surface area contributed by atoms with E-state index in [0.717, 1.165) is 4.57 Å². The van der Waals surface area contributed by atoms with Crippen molar-refractivity contribution < 1.29 is 19.4 Å². The van der Waals surface area contributed by atoms with Crippen molar-refractivity contribution in [2.45, 2.75) is 51.2 Å². The summed E-state index contributed by atoms with van der Waals surface area (Å²) in [6, 6.07) is 0. The van der Waals surface area contributed by atoms with Crippen LogP contribution >= 0.6 is 11.3 Å². The third-order valence-electron chi connectivity index (χ3n) is 4.01. The minimum Gasteiger partial charge on any atom is -0.458 e. The van der Waals surface area contributed by atoms with Crippen molar-refractivity contribution >= 4 is 33.6 Å². The van der Waals surface area contributed by atoms with Crippen LogP contribution in [-0.4, -0.2) is 43.9 Å². The first-order valence-corrected chi connectivity index (χ1v) is 8.55. The van der Waals surface area contributed by atoms with E-state index in [-0.39, 0.29) is 22.7 Å². The van der Waals surface area contributed by atoms with Gasteiger partial charge in [0.05, 0.1) is 12.2 Å². The molecule has 1 aliphatic rings. The molecule has 3 heterocycles. The van der Waals surface area contributed by atoms with Gasteiger partial charge in [0.15, 0.2) is 11.9 Å². The molecule has 10 nitrogen and oxygen atoms in total. The van der Waals surface area contributed by atoms with Crippen molar-refractivity contribution in [3.05, 3.63) is 20.0 Å². The lowest BCUT2D eigenvalue weighted by Gasteiger charge is -2.20. The summed E-state index contributed by atoms with van der Waals surface area (Å²) in [5.41, 5.74) is 5.10. The Morgan fingerprint density at radius 3 is 2.96 bits per heavy atom. The van der Waals surface area contributed by atoms with Crippen LogP contribution in [-0.2, 0) is 14.3 Å². The van der Waals surface area contributed by atoms with E-state index in [1.807, 2.05) is 0 Å². The van der Waals surface area contributed by atoms with Crippen molar-refractivity contribution in [2.75, 3.05) is 5.73 Å². The number of aromatic amines is 1. The van der Waals surface area contributed by atoms with Gasteiger partial charge in [-0.15, -0.1) is 0 Å². The summed E-state index contributed by atoms with van der Waals surface area (Å²) in [6.07, 6.45) is -2.51. The van der Waals surface area contributed by atoms with Gasteiger partial charge < -0.3 is 20.3 Å². The molecule has 11 heteroatoms. The maximum atomic E-state index is 12.4. The average Bonchev–Trinajstić information content (AvgIpc) is 3.06. The predicted octanol–water partition coefficient (Wildman–Crippen LogP) is -0.281. The number of aromatic nitrogens is 3. The van der Waals surface area contributed by atoms with Crippen LogP contribution < -0.4 is 16.2 Å². The van der Waals surface area contributed by atoms with E-state index in [1.54, 1.807) is 6.92 Å². The van der Waals surface area contributed by atoms with Crippen LogP contribution in [0.2, 0.25) is 0 Å². The lowest BCUT2D eigenvalue weighted by molar-refractivity contribution is -0.152. The quantitative estimate of drug-likeness (QED) is 0.622. The molecule has 0 aliphatic carbocycles. The number of aliphatic hydroxyl groups is 1. The Bertz CT molecular complexity index is 918. The Morgan fingerprint density at radius 1 is 1.60 bits per heavy atom. The molecular weight excluding hydrogens is 352 g/mol. The molecule has 0 saturated carbocycles. The summed E-state index contributed by atoms with van der Waals surface area (Å²) < 4.78 is 12.3. The van der Waals surface area contributed by atoms with Gasteiger partial charge in [0.25, 0.3) is 5.56 Å². The molecule has 2 aromatic heterocycles. The monoisotopic (exact) mass is 370 g/mol. The van der Waals surface area contributed by atoms with Crippen LogP contribution in [0.1, 0.15) is 32.9 Å². The molecule has 1 saturated heterocycles. The number of H-pyrrole nitrogens is 1. The molecule has 0 bridgehead atoms. The highest BCUT2D eigenvalue weighted by Gasteiger charge is 2.43. The first-order valence-electron chi connectivity index (χ1n) is 7.73. The van der Waals surface area contributed by atoms with Gasteiger partial charge in [0.1, 0.15) is 10.8 Å². The van der Waals surface area contributed by atoms with Gasteiger partial charge in [0, 0.05) is 13.3 Å². The van der Waals surface area contributed by atoms with E-state index >= 15 is 0 Å².